The molecule has 0 spiro atoms. The summed E-state index contributed by atoms with van der Waals surface area (Å²) in [6, 6.07) is 10.1. The minimum Gasteiger partial charge on any atom is -0.355 e. The zero-order valence-electron chi connectivity index (χ0n) is 19.4. The Balaban J connectivity index is 1.80. The molecule has 6 heteroatoms. The van der Waals surface area contributed by atoms with Crippen LogP contribution >= 0.6 is 0 Å². The fourth-order valence-electron chi connectivity index (χ4n) is 4.80. The van der Waals surface area contributed by atoms with Gasteiger partial charge in [0.15, 0.2) is 0 Å². The Morgan fingerprint density at radius 2 is 2.03 bits per heavy atom. The minimum atomic E-state index is -0.0800. The summed E-state index contributed by atoms with van der Waals surface area (Å²) in [6.45, 7) is 7.50. The second-order valence-corrected chi connectivity index (χ2v) is 8.82. The molecule has 4 rings (SSSR count). The molecule has 0 radical (unpaired) electrons. The van der Waals surface area contributed by atoms with Crippen molar-refractivity contribution in [3.8, 4) is 11.3 Å². The first kappa shape index (κ1) is 22.1. The Kier molecular flexibility index (Phi) is 6.31. The van der Waals surface area contributed by atoms with E-state index in [1.807, 2.05) is 23.1 Å². The van der Waals surface area contributed by atoms with Crippen molar-refractivity contribution >= 4 is 17.5 Å². The number of benzene rings is 1. The third kappa shape index (κ3) is 4.27. The monoisotopic (exact) mass is 432 g/mol. The van der Waals surface area contributed by atoms with Crippen LogP contribution in [-0.2, 0) is 17.6 Å². The molecule has 2 aromatic heterocycles. The number of carbonyl (C=O) groups excluding carboxylic acids is 2. The molecule has 0 bridgehead atoms. The molecular formula is C26H32N4O2. The fraction of sp³-hybridized carbons (Fsp3) is 0.423. The van der Waals surface area contributed by atoms with Gasteiger partial charge in [-0.2, -0.15) is 0 Å². The molecule has 1 fully saturated rings. The molecule has 1 aromatic carbocycles. The lowest BCUT2D eigenvalue weighted by Gasteiger charge is -2.32. The van der Waals surface area contributed by atoms with Gasteiger partial charge in [0, 0.05) is 44.4 Å². The van der Waals surface area contributed by atoms with E-state index >= 15 is 0 Å². The predicted octanol–water partition coefficient (Wildman–Crippen LogP) is 4.03. The normalized spacial score (nSPS) is 16.4. The number of aryl methyl sites for hydroxylation is 2. The van der Waals surface area contributed by atoms with Crippen LogP contribution in [0.4, 0.5) is 0 Å². The number of piperidine rings is 1. The molecule has 0 aliphatic carbocycles. The Hall–Kier alpha value is -3.15. The number of aromatic nitrogens is 2. The molecule has 168 valence electrons. The van der Waals surface area contributed by atoms with Gasteiger partial charge in [0.2, 0.25) is 5.91 Å². The van der Waals surface area contributed by atoms with Crippen LogP contribution in [-0.4, -0.2) is 46.2 Å². The smallest absolute Gasteiger partial charge is 0.251 e. The van der Waals surface area contributed by atoms with E-state index in [0.717, 1.165) is 61.2 Å². The lowest BCUT2D eigenvalue weighted by Crippen LogP contribution is -2.39. The first-order valence-corrected chi connectivity index (χ1v) is 11.5. The number of imidazole rings is 1. The van der Waals surface area contributed by atoms with E-state index in [1.54, 1.807) is 14.0 Å². The van der Waals surface area contributed by atoms with Crippen molar-refractivity contribution in [2.75, 3.05) is 20.1 Å². The number of carbonyl (C=O) groups is 2. The maximum Gasteiger partial charge on any atom is 0.251 e. The highest BCUT2D eigenvalue weighted by atomic mass is 16.2. The first-order chi connectivity index (χ1) is 15.4. The van der Waals surface area contributed by atoms with E-state index in [2.05, 4.69) is 41.9 Å². The van der Waals surface area contributed by atoms with Crippen LogP contribution in [0.2, 0.25) is 0 Å². The summed E-state index contributed by atoms with van der Waals surface area (Å²) in [5.74, 6) is 0.480. The van der Waals surface area contributed by atoms with Crippen LogP contribution in [0, 0.1) is 12.8 Å². The van der Waals surface area contributed by atoms with Gasteiger partial charge in [-0.1, -0.05) is 13.0 Å². The van der Waals surface area contributed by atoms with E-state index < -0.39 is 0 Å². The highest BCUT2D eigenvalue weighted by Crippen LogP contribution is 2.32. The zero-order chi connectivity index (χ0) is 22.8. The van der Waals surface area contributed by atoms with Gasteiger partial charge in [-0.05, 0) is 73.9 Å². The molecule has 1 N–H and O–H groups in total. The number of pyridine rings is 1. The van der Waals surface area contributed by atoms with Gasteiger partial charge in [0.05, 0.1) is 11.4 Å². The molecule has 1 unspecified atom stereocenters. The molecule has 6 nitrogen and oxygen atoms in total. The lowest BCUT2D eigenvalue weighted by molar-refractivity contribution is -0.130. The number of amides is 2. The highest BCUT2D eigenvalue weighted by Gasteiger charge is 2.25. The number of hydrogen-bond donors (Lipinski definition) is 1. The Bertz CT molecular complexity index is 1160. The maximum atomic E-state index is 12.2. The molecule has 3 aromatic rings. The summed E-state index contributed by atoms with van der Waals surface area (Å²) in [5.41, 5.74) is 7.13. The predicted molar refractivity (Wildman–Crippen MR) is 127 cm³/mol. The molecule has 1 aliphatic rings. The Morgan fingerprint density at radius 1 is 1.22 bits per heavy atom. The second kappa shape index (κ2) is 9.15. The molecular weight excluding hydrogens is 400 g/mol. The number of nitrogens with one attached hydrogen (secondary N) is 1. The van der Waals surface area contributed by atoms with E-state index in [4.69, 9.17) is 4.98 Å². The van der Waals surface area contributed by atoms with Crippen LogP contribution in [0.5, 0.6) is 0 Å². The summed E-state index contributed by atoms with van der Waals surface area (Å²) in [5, 5.41) is 2.71. The third-order valence-electron chi connectivity index (χ3n) is 6.56. The molecule has 1 saturated heterocycles. The van der Waals surface area contributed by atoms with Crippen molar-refractivity contribution in [3.05, 3.63) is 58.9 Å². The zero-order valence-corrected chi connectivity index (χ0v) is 19.4. The van der Waals surface area contributed by atoms with Gasteiger partial charge in [0.1, 0.15) is 5.65 Å². The average Bonchev–Trinajstić information content (AvgIpc) is 3.15. The van der Waals surface area contributed by atoms with Crippen molar-refractivity contribution in [2.45, 2.75) is 46.5 Å². The van der Waals surface area contributed by atoms with Crippen LogP contribution in [0.25, 0.3) is 16.9 Å². The van der Waals surface area contributed by atoms with Gasteiger partial charge < -0.3 is 14.6 Å². The van der Waals surface area contributed by atoms with Gasteiger partial charge in [-0.15, -0.1) is 0 Å². The van der Waals surface area contributed by atoms with Crippen LogP contribution in [0.15, 0.2) is 36.5 Å². The van der Waals surface area contributed by atoms with E-state index in [-0.39, 0.29) is 11.8 Å². The van der Waals surface area contributed by atoms with E-state index in [0.29, 0.717) is 11.5 Å². The highest BCUT2D eigenvalue weighted by molar-refractivity contribution is 5.95. The third-order valence-corrected chi connectivity index (χ3v) is 6.56. The topological polar surface area (TPSA) is 66.7 Å². The summed E-state index contributed by atoms with van der Waals surface area (Å²) in [6.07, 6.45) is 5.93. The van der Waals surface area contributed by atoms with Crippen LogP contribution < -0.4 is 5.32 Å². The van der Waals surface area contributed by atoms with Gasteiger partial charge in [-0.3, -0.25) is 9.59 Å². The van der Waals surface area contributed by atoms with Crippen molar-refractivity contribution in [1.29, 1.82) is 0 Å². The van der Waals surface area contributed by atoms with E-state index in [1.165, 1.54) is 11.3 Å². The van der Waals surface area contributed by atoms with Gasteiger partial charge in [-0.25, -0.2) is 4.98 Å². The number of likely N-dealkylation sites (tertiary alicyclic amines) is 1. The standard InChI is InChI=1S/C26H32N4O2/c1-5-20-15-21(26(32)27-4)8-9-22(20)25-23(30-12-10-17(2)13-24(30)28-25)14-19-7-6-11-29(16-19)18(3)31/h8-10,12-13,15,19H,5-7,11,14,16H2,1-4H3,(H,27,32). The SMILES string of the molecule is CCc1cc(C(=O)NC)ccc1-c1nc2cc(C)ccn2c1CC1CCCN(C(C)=O)C1. The summed E-state index contributed by atoms with van der Waals surface area (Å²) < 4.78 is 2.20. The van der Waals surface area contributed by atoms with Crippen LogP contribution in [0.1, 0.15) is 53.9 Å². The lowest BCUT2D eigenvalue weighted by atomic mass is 9.90. The van der Waals surface area contributed by atoms with Crippen molar-refractivity contribution in [3.63, 3.8) is 0 Å². The molecule has 3 heterocycles. The first-order valence-electron chi connectivity index (χ1n) is 11.5. The Labute approximate surface area is 189 Å². The Morgan fingerprint density at radius 3 is 2.75 bits per heavy atom. The molecule has 1 atom stereocenters. The number of fused-ring (bicyclic) bond motifs is 1. The summed E-state index contributed by atoms with van der Waals surface area (Å²) in [7, 11) is 1.65. The molecule has 2 amide bonds. The molecule has 32 heavy (non-hydrogen) atoms. The quantitative estimate of drug-likeness (QED) is 0.662. The van der Waals surface area contributed by atoms with Crippen molar-refractivity contribution in [2.24, 2.45) is 5.92 Å². The number of nitrogens with zero attached hydrogens (tertiary/aromatic N) is 3. The molecule has 1 aliphatic heterocycles. The van der Waals surface area contributed by atoms with Crippen LogP contribution in [0.3, 0.4) is 0 Å². The van der Waals surface area contributed by atoms with Gasteiger partial charge in [0.25, 0.3) is 5.91 Å². The van der Waals surface area contributed by atoms with Crippen molar-refractivity contribution < 1.29 is 9.59 Å². The molecule has 0 saturated carbocycles. The second-order valence-electron chi connectivity index (χ2n) is 8.82. The van der Waals surface area contributed by atoms with Gasteiger partial charge >= 0.3 is 0 Å². The number of rotatable bonds is 5. The fourth-order valence-corrected chi connectivity index (χ4v) is 4.80. The summed E-state index contributed by atoms with van der Waals surface area (Å²) in [4.78, 5) is 31.1. The maximum absolute atomic E-state index is 12.2. The van der Waals surface area contributed by atoms with Crippen molar-refractivity contribution in [1.82, 2.24) is 19.6 Å². The average molecular weight is 433 g/mol. The minimum absolute atomic E-state index is 0.0800. The largest absolute Gasteiger partial charge is 0.355 e. The summed E-state index contributed by atoms with van der Waals surface area (Å²) >= 11 is 0. The van der Waals surface area contributed by atoms with E-state index in [9.17, 15) is 9.59 Å². The number of hydrogen-bond acceptors (Lipinski definition) is 3.